The van der Waals surface area contributed by atoms with Gasteiger partial charge in [0.2, 0.25) is 20.8 Å². The molecule has 9 heteroatoms. The molecule has 1 aliphatic rings. The Hall–Kier alpha value is -2.39. The fourth-order valence-electron chi connectivity index (χ4n) is 3.06. The van der Waals surface area contributed by atoms with Crippen molar-refractivity contribution < 1.29 is 12.8 Å². The summed E-state index contributed by atoms with van der Waals surface area (Å²) in [6.07, 6.45) is 7.96. The molecular formula is C16H19N5O3S. The summed E-state index contributed by atoms with van der Waals surface area (Å²) < 4.78 is 28.8. The zero-order chi connectivity index (χ0) is 17.4. The maximum absolute atomic E-state index is 11.7. The van der Waals surface area contributed by atoms with Gasteiger partial charge in [0, 0.05) is 36.6 Å². The van der Waals surface area contributed by atoms with Crippen molar-refractivity contribution in [2.45, 2.75) is 24.0 Å². The van der Waals surface area contributed by atoms with E-state index >= 15 is 0 Å². The number of sulfone groups is 1. The van der Waals surface area contributed by atoms with Crippen LogP contribution in [0.25, 0.3) is 22.5 Å². The summed E-state index contributed by atoms with van der Waals surface area (Å²) in [7, 11) is -3.45. The third kappa shape index (κ3) is 3.12. The number of nitrogens with zero attached hydrogens (tertiary/aromatic N) is 2. The van der Waals surface area contributed by atoms with Gasteiger partial charge in [0.1, 0.15) is 5.65 Å². The highest BCUT2D eigenvalue weighted by atomic mass is 32.2. The standard InChI is InChI=1S/C16H19N5O3S/c1-25(22,23)13-9-20-16(24-13)12-8-19-15-11(4-6-18-15)14(12)21-10-3-2-5-17-7-10/h4,6,8-10,17H,2-3,5,7H2,1H3,(H2,18,19,21). The molecule has 0 amide bonds. The van der Waals surface area contributed by atoms with Gasteiger partial charge in [-0.1, -0.05) is 0 Å². The Morgan fingerprint density at radius 3 is 2.92 bits per heavy atom. The molecular weight excluding hydrogens is 342 g/mol. The molecule has 0 aromatic carbocycles. The molecule has 4 rings (SSSR count). The highest BCUT2D eigenvalue weighted by Gasteiger charge is 2.22. The van der Waals surface area contributed by atoms with Gasteiger partial charge in [-0.3, -0.25) is 0 Å². The number of piperidine rings is 1. The Labute approximate surface area is 145 Å². The summed E-state index contributed by atoms with van der Waals surface area (Å²) in [6, 6.07) is 2.21. The zero-order valence-electron chi connectivity index (χ0n) is 13.7. The molecule has 25 heavy (non-hydrogen) atoms. The van der Waals surface area contributed by atoms with E-state index in [1.807, 2.05) is 12.3 Å². The lowest BCUT2D eigenvalue weighted by Gasteiger charge is -2.26. The minimum Gasteiger partial charge on any atom is -0.425 e. The fourth-order valence-corrected chi connectivity index (χ4v) is 3.53. The predicted octanol–water partition coefficient (Wildman–Crippen LogP) is 1.79. The Bertz CT molecular complexity index is 1000. The van der Waals surface area contributed by atoms with Crippen molar-refractivity contribution in [2.24, 2.45) is 0 Å². The van der Waals surface area contributed by atoms with Crippen molar-refractivity contribution >= 4 is 26.6 Å². The van der Waals surface area contributed by atoms with Gasteiger partial charge in [-0.2, -0.15) is 0 Å². The number of fused-ring (bicyclic) bond motifs is 1. The van der Waals surface area contributed by atoms with Crippen LogP contribution in [0, 0.1) is 0 Å². The maximum atomic E-state index is 11.7. The second kappa shape index (κ2) is 6.16. The quantitative estimate of drug-likeness (QED) is 0.649. The lowest BCUT2D eigenvalue weighted by Crippen LogP contribution is -2.38. The van der Waals surface area contributed by atoms with E-state index in [1.54, 1.807) is 6.20 Å². The second-order valence-corrected chi connectivity index (χ2v) is 8.18. The normalized spacial score (nSPS) is 18.5. The van der Waals surface area contributed by atoms with E-state index < -0.39 is 9.84 Å². The van der Waals surface area contributed by atoms with Crippen molar-refractivity contribution in [2.75, 3.05) is 24.7 Å². The fraction of sp³-hybridized carbons (Fsp3) is 0.375. The summed E-state index contributed by atoms with van der Waals surface area (Å²) in [5, 5.41) is 7.70. The number of oxazole rings is 1. The van der Waals surface area contributed by atoms with Gasteiger partial charge in [0.15, 0.2) is 0 Å². The van der Waals surface area contributed by atoms with Crippen molar-refractivity contribution in [1.29, 1.82) is 0 Å². The van der Waals surface area contributed by atoms with Gasteiger partial charge in [0.05, 0.1) is 17.4 Å². The third-order valence-electron chi connectivity index (χ3n) is 4.31. The number of hydrogen-bond acceptors (Lipinski definition) is 7. The highest BCUT2D eigenvalue weighted by molar-refractivity contribution is 7.90. The third-order valence-corrected chi connectivity index (χ3v) is 5.23. The number of anilines is 1. The molecule has 1 aliphatic heterocycles. The number of nitrogens with one attached hydrogen (secondary N) is 3. The molecule has 0 saturated carbocycles. The summed E-state index contributed by atoms with van der Waals surface area (Å²) in [5.74, 6) is 0.238. The molecule has 3 aromatic rings. The first-order valence-electron chi connectivity index (χ1n) is 8.12. The van der Waals surface area contributed by atoms with Crippen LogP contribution in [0.1, 0.15) is 12.8 Å². The molecule has 4 heterocycles. The Kier molecular flexibility index (Phi) is 3.97. The molecule has 0 spiro atoms. The predicted molar refractivity (Wildman–Crippen MR) is 94.2 cm³/mol. The van der Waals surface area contributed by atoms with Crippen LogP contribution in [0.4, 0.5) is 5.69 Å². The lowest BCUT2D eigenvalue weighted by atomic mass is 10.1. The van der Waals surface area contributed by atoms with Gasteiger partial charge in [-0.05, 0) is 25.5 Å². The van der Waals surface area contributed by atoms with Crippen LogP contribution in [-0.4, -0.2) is 48.8 Å². The summed E-state index contributed by atoms with van der Waals surface area (Å²) in [4.78, 5) is 11.6. The van der Waals surface area contributed by atoms with Crippen molar-refractivity contribution in [1.82, 2.24) is 20.3 Å². The first kappa shape index (κ1) is 16.1. The number of rotatable bonds is 4. The Morgan fingerprint density at radius 1 is 1.32 bits per heavy atom. The van der Waals surface area contributed by atoms with Crippen LogP contribution >= 0.6 is 0 Å². The first-order chi connectivity index (χ1) is 12.0. The van der Waals surface area contributed by atoms with E-state index in [0.29, 0.717) is 5.56 Å². The van der Waals surface area contributed by atoms with Crippen molar-refractivity contribution in [3.05, 3.63) is 24.7 Å². The SMILES string of the molecule is CS(=O)(=O)c1cnc(-c2cnc3[nH]ccc3c2NC2CCCNC2)o1. The van der Waals surface area contributed by atoms with Gasteiger partial charge in [-0.25, -0.2) is 18.4 Å². The van der Waals surface area contributed by atoms with E-state index in [4.69, 9.17) is 4.42 Å². The molecule has 1 unspecified atom stereocenters. The maximum Gasteiger partial charge on any atom is 0.238 e. The van der Waals surface area contributed by atoms with E-state index in [2.05, 4.69) is 25.6 Å². The van der Waals surface area contributed by atoms with Crippen LogP contribution < -0.4 is 10.6 Å². The molecule has 3 N–H and O–H groups in total. The molecule has 0 radical (unpaired) electrons. The number of H-pyrrole nitrogens is 1. The van der Waals surface area contributed by atoms with Gasteiger partial charge in [-0.15, -0.1) is 0 Å². The number of aromatic amines is 1. The van der Waals surface area contributed by atoms with Crippen LogP contribution in [0.2, 0.25) is 0 Å². The van der Waals surface area contributed by atoms with Crippen LogP contribution in [0.5, 0.6) is 0 Å². The first-order valence-corrected chi connectivity index (χ1v) is 10.0. The van der Waals surface area contributed by atoms with Gasteiger partial charge in [0.25, 0.3) is 0 Å². The Morgan fingerprint density at radius 2 is 2.20 bits per heavy atom. The minimum absolute atomic E-state index is 0.151. The van der Waals surface area contributed by atoms with Gasteiger partial charge >= 0.3 is 0 Å². The molecule has 0 aliphatic carbocycles. The molecule has 132 valence electrons. The minimum atomic E-state index is -3.45. The van der Waals surface area contributed by atoms with Crippen LogP contribution in [0.3, 0.4) is 0 Å². The van der Waals surface area contributed by atoms with Crippen molar-refractivity contribution in [3.8, 4) is 11.5 Å². The highest BCUT2D eigenvalue weighted by Crippen LogP contribution is 2.34. The van der Waals surface area contributed by atoms with Crippen LogP contribution in [0.15, 0.2) is 34.2 Å². The molecule has 0 bridgehead atoms. The van der Waals surface area contributed by atoms with E-state index in [-0.39, 0.29) is 17.0 Å². The second-order valence-electron chi connectivity index (χ2n) is 6.23. The summed E-state index contributed by atoms with van der Waals surface area (Å²) >= 11 is 0. The lowest BCUT2D eigenvalue weighted by molar-refractivity contribution is 0.460. The van der Waals surface area contributed by atoms with E-state index in [1.165, 1.54) is 6.20 Å². The summed E-state index contributed by atoms with van der Waals surface area (Å²) in [6.45, 7) is 1.90. The van der Waals surface area contributed by atoms with Crippen molar-refractivity contribution in [3.63, 3.8) is 0 Å². The molecule has 8 nitrogen and oxygen atoms in total. The molecule has 3 aromatic heterocycles. The average molecular weight is 361 g/mol. The monoisotopic (exact) mass is 361 g/mol. The largest absolute Gasteiger partial charge is 0.425 e. The van der Waals surface area contributed by atoms with Crippen LogP contribution in [-0.2, 0) is 9.84 Å². The smallest absolute Gasteiger partial charge is 0.238 e. The van der Waals surface area contributed by atoms with E-state index in [0.717, 1.165) is 48.9 Å². The Balaban J connectivity index is 1.79. The molecule has 1 saturated heterocycles. The number of hydrogen-bond donors (Lipinski definition) is 3. The average Bonchev–Trinajstić information content (AvgIpc) is 3.25. The number of pyridine rings is 1. The topological polar surface area (TPSA) is 113 Å². The summed E-state index contributed by atoms with van der Waals surface area (Å²) in [5.41, 5.74) is 2.25. The van der Waals surface area contributed by atoms with E-state index in [9.17, 15) is 8.42 Å². The number of aromatic nitrogens is 3. The molecule has 1 fully saturated rings. The van der Waals surface area contributed by atoms with Gasteiger partial charge < -0.3 is 20.0 Å². The zero-order valence-corrected chi connectivity index (χ0v) is 14.6. The molecule has 1 atom stereocenters.